The third-order valence-corrected chi connectivity index (χ3v) is 4.08. The Morgan fingerprint density at radius 1 is 0.897 bits per heavy atom. The molecule has 0 atom stereocenters. The van der Waals surface area contributed by atoms with E-state index in [1.807, 2.05) is 32.0 Å². The van der Waals surface area contributed by atoms with E-state index >= 15 is 0 Å². The summed E-state index contributed by atoms with van der Waals surface area (Å²) in [6.45, 7) is 5.87. The lowest BCUT2D eigenvalue weighted by Gasteiger charge is -2.10. The Labute approximate surface area is 169 Å². The molecular weight excluding hydrogens is 366 g/mol. The van der Waals surface area contributed by atoms with Crippen molar-refractivity contribution in [1.82, 2.24) is 9.97 Å². The van der Waals surface area contributed by atoms with Crippen LogP contribution in [0.25, 0.3) is 0 Å². The van der Waals surface area contributed by atoms with Crippen LogP contribution in [-0.2, 0) is 11.3 Å². The van der Waals surface area contributed by atoms with E-state index in [0.717, 1.165) is 5.56 Å². The largest absolute Gasteiger partial charge is 0.350 e. The van der Waals surface area contributed by atoms with Gasteiger partial charge in [0.1, 0.15) is 5.69 Å². The summed E-state index contributed by atoms with van der Waals surface area (Å²) in [5, 5.41) is 8.66. The highest BCUT2D eigenvalue weighted by molar-refractivity contribution is 6.03. The van der Waals surface area contributed by atoms with Gasteiger partial charge >= 0.3 is 0 Å². The van der Waals surface area contributed by atoms with Crippen LogP contribution in [0.5, 0.6) is 0 Å². The van der Waals surface area contributed by atoms with Crippen molar-refractivity contribution in [3.8, 4) is 0 Å². The Balaban J connectivity index is 1.68. The number of aryl methyl sites for hydroxylation is 2. The first-order valence-corrected chi connectivity index (χ1v) is 9.23. The average molecular weight is 389 g/mol. The minimum atomic E-state index is -0.332. The van der Waals surface area contributed by atoms with Gasteiger partial charge in [0.15, 0.2) is 0 Å². The standard InChI is InChI=1S/C22H23N5O2/c1-14-5-4-6-17(11-14)13-23-22-24-15(2)12-20(27-22)21(29)26-19-9-7-18(8-10-19)25-16(3)28/h4-12H,13H2,1-3H3,(H,25,28)(H,26,29)(H,23,24,27). The number of aromatic nitrogens is 2. The number of carbonyl (C=O) groups excluding carboxylic acids is 2. The molecular formula is C22H23N5O2. The maximum atomic E-state index is 12.6. The topological polar surface area (TPSA) is 96.0 Å². The molecule has 2 aromatic carbocycles. The Kier molecular flexibility index (Phi) is 6.19. The van der Waals surface area contributed by atoms with E-state index in [9.17, 15) is 9.59 Å². The molecule has 0 bridgehead atoms. The Bertz CT molecular complexity index is 1030. The molecule has 0 spiro atoms. The number of hydrogen-bond acceptors (Lipinski definition) is 5. The molecule has 3 N–H and O–H groups in total. The lowest BCUT2D eigenvalue weighted by molar-refractivity contribution is -0.114. The molecule has 2 amide bonds. The molecule has 0 aliphatic carbocycles. The zero-order valence-corrected chi connectivity index (χ0v) is 16.6. The predicted molar refractivity (Wildman–Crippen MR) is 114 cm³/mol. The van der Waals surface area contributed by atoms with E-state index < -0.39 is 0 Å². The Morgan fingerprint density at radius 3 is 2.24 bits per heavy atom. The predicted octanol–water partition coefficient (Wildman–Crippen LogP) is 3.92. The van der Waals surface area contributed by atoms with Gasteiger partial charge in [0.05, 0.1) is 0 Å². The summed E-state index contributed by atoms with van der Waals surface area (Å²) < 4.78 is 0. The molecule has 3 rings (SSSR count). The average Bonchev–Trinajstić information content (AvgIpc) is 2.67. The van der Waals surface area contributed by atoms with Gasteiger partial charge in [0.25, 0.3) is 5.91 Å². The SMILES string of the molecule is CC(=O)Nc1ccc(NC(=O)c2cc(C)nc(NCc3cccc(C)c3)n2)cc1. The van der Waals surface area contributed by atoms with Gasteiger partial charge in [-0.05, 0) is 49.7 Å². The molecule has 7 heteroatoms. The van der Waals surface area contributed by atoms with Gasteiger partial charge in [-0.15, -0.1) is 0 Å². The summed E-state index contributed by atoms with van der Waals surface area (Å²) >= 11 is 0. The highest BCUT2D eigenvalue weighted by Crippen LogP contribution is 2.15. The molecule has 148 valence electrons. The number of hydrogen-bond donors (Lipinski definition) is 3. The van der Waals surface area contributed by atoms with Crippen molar-refractivity contribution in [3.63, 3.8) is 0 Å². The second-order valence-corrected chi connectivity index (χ2v) is 6.77. The van der Waals surface area contributed by atoms with Crippen LogP contribution < -0.4 is 16.0 Å². The van der Waals surface area contributed by atoms with Gasteiger partial charge in [-0.1, -0.05) is 29.8 Å². The Hall–Kier alpha value is -3.74. The molecule has 1 heterocycles. The molecule has 0 aliphatic heterocycles. The molecule has 29 heavy (non-hydrogen) atoms. The summed E-state index contributed by atoms with van der Waals surface area (Å²) in [7, 11) is 0. The van der Waals surface area contributed by atoms with E-state index in [0.29, 0.717) is 29.6 Å². The summed E-state index contributed by atoms with van der Waals surface area (Å²) in [6, 6.07) is 16.7. The highest BCUT2D eigenvalue weighted by atomic mass is 16.2. The van der Waals surface area contributed by atoms with E-state index in [1.165, 1.54) is 12.5 Å². The van der Waals surface area contributed by atoms with Crippen LogP contribution in [-0.4, -0.2) is 21.8 Å². The van der Waals surface area contributed by atoms with Crippen molar-refractivity contribution in [2.45, 2.75) is 27.3 Å². The van der Waals surface area contributed by atoms with E-state index in [4.69, 9.17) is 0 Å². The van der Waals surface area contributed by atoms with Crippen molar-refractivity contribution >= 4 is 29.1 Å². The van der Waals surface area contributed by atoms with Crippen LogP contribution in [0.15, 0.2) is 54.6 Å². The fraction of sp³-hybridized carbons (Fsp3) is 0.182. The fourth-order valence-electron chi connectivity index (χ4n) is 2.80. The van der Waals surface area contributed by atoms with Crippen LogP contribution in [0.3, 0.4) is 0 Å². The molecule has 0 radical (unpaired) electrons. The molecule has 0 aliphatic rings. The van der Waals surface area contributed by atoms with Gasteiger partial charge in [0.2, 0.25) is 11.9 Å². The summed E-state index contributed by atoms with van der Waals surface area (Å²) in [5.74, 6) is -0.0806. The van der Waals surface area contributed by atoms with Crippen LogP contribution in [0.2, 0.25) is 0 Å². The summed E-state index contributed by atoms with van der Waals surface area (Å²) in [6.07, 6.45) is 0. The third-order valence-electron chi connectivity index (χ3n) is 4.08. The maximum absolute atomic E-state index is 12.6. The van der Waals surface area contributed by atoms with Crippen LogP contribution in [0, 0.1) is 13.8 Å². The first kappa shape index (κ1) is 20.0. The van der Waals surface area contributed by atoms with E-state index in [2.05, 4.69) is 32.0 Å². The zero-order valence-electron chi connectivity index (χ0n) is 16.6. The molecule has 3 aromatic rings. The molecule has 0 saturated carbocycles. The van der Waals surface area contributed by atoms with Gasteiger partial charge < -0.3 is 16.0 Å². The smallest absolute Gasteiger partial charge is 0.274 e. The minimum absolute atomic E-state index is 0.149. The van der Waals surface area contributed by atoms with Crippen LogP contribution in [0.1, 0.15) is 34.2 Å². The first-order valence-electron chi connectivity index (χ1n) is 9.23. The lowest BCUT2D eigenvalue weighted by Crippen LogP contribution is -2.16. The zero-order chi connectivity index (χ0) is 20.8. The molecule has 1 aromatic heterocycles. The number of carbonyl (C=O) groups is 2. The highest BCUT2D eigenvalue weighted by Gasteiger charge is 2.11. The first-order chi connectivity index (χ1) is 13.9. The van der Waals surface area contributed by atoms with Crippen molar-refractivity contribution in [2.75, 3.05) is 16.0 Å². The molecule has 0 saturated heterocycles. The normalized spacial score (nSPS) is 10.3. The Morgan fingerprint density at radius 2 is 1.59 bits per heavy atom. The molecule has 0 fully saturated rings. The van der Waals surface area contributed by atoms with E-state index in [-0.39, 0.29) is 17.5 Å². The van der Waals surface area contributed by atoms with Gasteiger partial charge in [-0.25, -0.2) is 9.97 Å². The number of nitrogens with zero attached hydrogens (tertiary/aromatic N) is 2. The van der Waals surface area contributed by atoms with Gasteiger partial charge in [-0.3, -0.25) is 9.59 Å². The monoisotopic (exact) mass is 389 g/mol. The lowest BCUT2D eigenvalue weighted by atomic mass is 10.1. The number of amides is 2. The molecule has 7 nitrogen and oxygen atoms in total. The quantitative estimate of drug-likeness (QED) is 0.594. The van der Waals surface area contributed by atoms with Crippen molar-refractivity contribution in [2.24, 2.45) is 0 Å². The number of rotatable bonds is 6. The van der Waals surface area contributed by atoms with Crippen molar-refractivity contribution in [3.05, 3.63) is 77.1 Å². The number of nitrogens with one attached hydrogen (secondary N) is 3. The minimum Gasteiger partial charge on any atom is -0.350 e. The van der Waals surface area contributed by atoms with Crippen LogP contribution >= 0.6 is 0 Å². The molecule has 0 unspecified atom stereocenters. The van der Waals surface area contributed by atoms with Gasteiger partial charge in [0, 0.05) is 30.5 Å². The number of anilines is 3. The number of benzene rings is 2. The second-order valence-electron chi connectivity index (χ2n) is 6.77. The fourth-order valence-corrected chi connectivity index (χ4v) is 2.80. The maximum Gasteiger partial charge on any atom is 0.274 e. The summed E-state index contributed by atoms with van der Waals surface area (Å²) in [5.41, 5.74) is 4.53. The van der Waals surface area contributed by atoms with Crippen LogP contribution in [0.4, 0.5) is 17.3 Å². The van der Waals surface area contributed by atoms with Crippen molar-refractivity contribution < 1.29 is 9.59 Å². The third kappa shape index (κ3) is 5.87. The summed E-state index contributed by atoms with van der Waals surface area (Å²) in [4.78, 5) is 32.4. The second kappa shape index (κ2) is 8.97. The van der Waals surface area contributed by atoms with E-state index in [1.54, 1.807) is 30.3 Å². The van der Waals surface area contributed by atoms with Crippen molar-refractivity contribution in [1.29, 1.82) is 0 Å². The van der Waals surface area contributed by atoms with Gasteiger partial charge in [-0.2, -0.15) is 0 Å².